The van der Waals surface area contributed by atoms with Gasteiger partial charge in [0.25, 0.3) is 0 Å². The highest BCUT2D eigenvalue weighted by atomic mass is 15.2. The van der Waals surface area contributed by atoms with Crippen molar-refractivity contribution in [3.63, 3.8) is 0 Å². The Labute approximate surface area is 129 Å². The molecule has 4 rings (SSSR count). The standard InChI is InChI=1S/C18H18N4/c1-12-6-2-4-8-15(12)20-18-21-16-9-5-3-7-14(16)17(22-18)19-13-10-11-13/h2-9,13H,10-11H2,1H3,(H2,19,20,21,22). The van der Waals surface area contributed by atoms with Gasteiger partial charge in [-0.1, -0.05) is 30.3 Å². The first-order valence-corrected chi connectivity index (χ1v) is 7.65. The van der Waals surface area contributed by atoms with Crippen LogP contribution in [0.15, 0.2) is 48.5 Å². The molecule has 0 saturated heterocycles. The van der Waals surface area contributed by atoms with Crippen molar-refractivity contribution in [3.05, 3.63) is 54.1 Å². The zero-order valence-electron chi connectivity index (χ0n) is 12.5. The molecular formula is C18H18N4. The zero-order valence-corrected chi connectivity index (χ0v) is 12.5. The van der Waals surface area contributed by atoms with E-state index in [2.05, 4.69) is 39.7 Å². The summed E-state index contributed by atoms with van der Waals surface area (Å²) in [6.45, 7) is 2.08. The molecule has 0 aliphatic heterocycles. The molecule has 0 bridgehead atoms. The summed E-state index contributed by atoms with van der Waals surface area (Å²) in [5.41, 5.74) is 3.17. The van der Waals surface area contributed by atoms with Crippen LogP contribution in [0.3, 0.4) is 0 Å². The summed E-state index contributed by atoms with van der Waals surface area (Å²) < 4.78 is 0. The molecule has 2 N–H and O–H groups in total. The number of fused-ring (bicyclic) bond motifs is 1. The molecule has 1 aliphatic carbocycles. The molecule has 1 aliphatic rings. The van der Waals surface area contributed by atoms with Crippen molar-refractivity contribution in [1.82, 2.24) is 9.97 Å². The first-order chi connectivity index (χ1) is 10.8. The lowest BCUT2D eigenvalue weighted by atomic mass is 10.2. The highest BCUT2D eigenvalue weighted by Gasteiger charge is 2.22. The molecule has 1 fully saturated rings. The second kappa shape index (κ2) is 5.30. The minimum atomic E-state index is 0.560. The Kier molecular flexibility index (Phi) is 3.15. The van der Waals surface area contributed by atoms with Crippen LogP contribution < -0.4 is 10.6 Å². The Morgan fingerprint density at radius 1 is 0.955 bits per heavy atom. The zero-order chi connectivity index (χ0) is 14.9. The number of anilines is 3. The van der Waals surface area contributed by atoms with Gasteiger partial charge in [0.1, 0.15) is 5.82 Å². The van der Waals surface area contributed by atoms with Crippen molar-refractivity contribution in [3.8, 4) is 0 Å². The van der Waals surface area contributed by atoms with Crippen LogP contribution in [0.2, 0.25) is 0 Å². The summed E-state index contributed by atoms with van der Waals surface area (Å²) in [6, 6.07) is 16.8. The number of nitrogens with zero attached hydrogens (tertiary/aromatic N) is 2. The quantitative estimate of drug-likeness (QED) is 0.754. The Bertz CT molecular complexity index is 824. The third kappa shape index (κ3) is 2.60. The fraction of sp³-hybridized carbons (Fsp3) is 0.222. The Morgan fingerprint density at radius 3 is 2.55 bits per heavy atom. The third-order valence-corrected chi connectivity index (χ3v) is 3.91. The molecule has 0 atom stereocenters. The van der Waals surface area contributed by atoms with Crippen molar-refractivity contribution in [1.29, 1.82) is 0 Å². The number of aryl methyl sites for hydroxylation is 1. The van der Waals surface area contributed by atoms with Crippen molar-refractivity contribution >= 4 is 28.4 Å². The lowest BCUT2D eigenvalue weighted by Crippen LogP contribution is -2.07. The van der Waals surface area contributed by atoms with Gasteiger partial charge in [-0.15, -0.1) is 0 Å². The van der Waals surface area contributed by atoms with Crippen molar-refractivity contribution < 1.29 is 0 Å². The number of hydrogen-bond donors (Lipinski definition) is 2. The SMILES string of the molecule is Cc1ccccc1Nc1nc(NC2CC2)c2ccccc2n1. The van der Waals surface area contributed by atoms with Crippen LogP contribution >= 0.6 is 0 Å². The van der Waals surface area contributed by atoms with Crippen molar-refractivity contribution in [2.75, 3.05) is 10.6 Å². The molecule has 0 amide bonds. The van der Waals surface area contributed by atoms with Gasteiger partial charge in [-0.2, -0.15) is 4.98 Å². The molecule has 1 heterocycles. The molecule has 22 heavy (non-hydrogen) atoms. The summed E-state index contributed by atoms with van der Waals surface area (Å²) >= 11 is 0. The molecule has 0 unspecified atom stereocenters. The van der Waals surface area contributed by atoms with E-state index in [9.17, 15) is 0 Å². The van der Waals surface area contributed by atoms with Crippen LogP contribution in [-0.2, 0) is 0 Å². The van der Waals surface area contributed by atoms with E-state index in [1.54, 1.807) is 0 Å². The molecular weight excluding hydrogens is 272 g/mol. The van der Waals surface area contributed by atoms with Crippen LogP contribution in [0.4, 0.5) is 17.5 Å². The van der Waals surface area contributed by atoms with Gasteiger partial charge in [0.15, 0.2) is 0 Å². The van der Waals surface area contributed by atoms with Crippen LogP contribution in [0.1, 0.15) is 18.4 Å². The molecule has 0 radical (unpaired) electrons. The number of para-hydroxylation sites is 2. The number of hydrogen-bond acceptors (Lipinski definition) is 4. The fourth-order valence-corrected chi connectivity index (χ4v) is 2.50. The number of nitrogens with one attached hydrogen (secondary N) is 2. The minimum absolute atomic E-state index is 0.560. The number of benzene rings is 2. The smallest absolute Gasteiger partial charge is 0.229 e. The summed E-state index contributed by atoms with van der Waals surface area (Å²) in [4.78, 5) is 9.32. The van der Waals surface area contributed by atoms with Gasteiger partial charge < -0.3 is 10.6 Å². The highest BCUT2D eigenvalue weighted by molar-refractivity contribution is 5.90. The van der Waals surface area contributed by atoms with Crippen LogP contribution in [0, 0.1) is 6.92 Å². The Balaban J connectivity index is 1.75. The van der Waals surface area contributed by atoms with E-state index in [4.69, 9.17) is 0 Å². The van der Waals surface area contributed by atoms with Crippen LogP contribution in [-0.4, -0.2) is 16.0 Å². The van der Waals surface area contributed by atoms with Gasteiger partial charge >= 0.3 is 0 Å². The third-order valence-electron chi connectivity index (χ3n) is 3.91. The maximum atomic E-state index is 4.68. The molecule has 2 aromatic carbocycles. The van der Waals surface area contributed by atoms with Crippen molar-refractivity contribution in [2.45, 2.75) is 25.8 Å². The normalized spacial score (nSPS) is 14.0. The lowest BCUT2D eigenvalue weighted by Gasteiger charge is -2.12. The maximum absolute atomic E-state index is 4.68. The molecule has 1 aromatic heterocycles. The number of aromatic nitrogens is 2. The van der Waals surface area contributed by atoms with E-state index in [-0.39, 0.29) is 0 Å². The van der Waals surface area contributed by atoms with Crippen molar-refractivity contribution in [2.24, 2.45) is 0 Å². The topological polar surface area (TPSA) is 49.8 Å². The number of rotatable bonds is 4. The predicted octanol–water partition coefficient (Wildman–Crippen LogP) is 4.26. The van der Waals surface area contributed by atoms with Gasteiger partial charge in [0.2, 0.25) is 5.95 Å². The predicted molar refractivity (Wildman–Crippen MR) is 90.6 cm³/mol. The lowest BCUT2D eigenvalue weighted by molar-refractivity contribution is 1.10. The van der Waals surface area contributed by atoms with Gasteiger partial charge in [-0.05, 0) is 43.5 Å². The molecule has 4 heteroatoms. The van der Waals surface area contributed by atoms with Gasteiger partial charge in [0, 0.05) is 17.1 Å². The van der Waals surface area contributed by atoms with E-state index >= 15 is 0 Å². The van der Waals surface area contributed by atoms with Gasteiger partial charge in [-0.25, -0.2) is 4.98 Å². The minimum Gasteiger partial charge on any atom is -0.367 e. The highest BCUT2D eigenvalue weighted by Crippen LogP contribution is 2.29. The molecule has 0 spiro atoms. The summed E-state index contributed by atoms with van der Waals surface area (Å²) in [5, 5.41) is 7.92. The summed E-state index contributed by atoms with van der Waals surface area (Å²) in [6.07, 6.45) is 2.44. The largest absolute Gasteiger partial charge is 0.367 e. The average Bonchev–Trinajstić information content (AvgIpc) is 3.34. The van der Waals surface area contributed by atoms with Gasteiger partial charge in [-0.3, -0.25) is 0 Å². The molecule has 3 aromatic rings. The van der Waals surface area contributed by atoms with E-state index in [1.807, 2.05) is 36.4 Å². The van der Waals surface area contributed by atoms with E-state index in [0.29, 0.717) is 12.0 Å². The van der Waals surface area contributed by atoms with Gasteiger partial charge in [0.05, 0.1) is 5.52 Å². The molecule has 4 nitrogen and oxygen atoms in total. The first kappa shape index (κ1) is 13.1. The first-order valence-electron chi connectivity index (χ1n) is 7.65. The van der Waals surface area contributed by atoms with E-state index < -0.39 is 0 Å². The Hall–Kier alpha value is -2.62. The maximum Gasteiger partial charge on any atom is 0.229 e. The van der Waals surface area contributed by atoms with Crippen LogP contribution in [0.25, 0.3) is 10.9 Å². The second-order valence-electron chi connectivity index (χ2n) is 5.77. The van der Waals surface area contributed by atoms with E-state index in [0.717, 1.165) is 22.4 Å². The summed E-state index contributed by atoms with van der Waals surface area (Å²) in [5.74, 6) is 1.56. The fourth-order valence-electron chi connectivity index (χ4n) is 2.50. The monoisotopic (exact) mass is 290 g/mol. The van der Waals surface area contributed by atoms with E-state index in [1.165, 1.54) is 18.4 Å². The second-order valence-corrected chi connectivity index (χ2v) is 5.77. The average molecular weight is 290 g/mol. The molecule has 110 valence electrons. The summed E-state index contributed by atoms with van der Waals surface area (Å²) in [7, 11) is 0. The Morgan fingerprint density at radius 2 is 1.73 bits per heavy atom. The molecule has 1 saturated carbocycles. The van der Waals surface area contributed by atoms with Crippen LogP contribution in [0.5, 0.6) is 0 Å².